The van der Waals surface area contributed by atoms with Crippen molar-refractivity contribution in [3.05, 3.63) is 0 Å². The zero-order chi connectivity index (χ0) is 15.8. The first-order valence-electron chi connectivity index (χ1n) is 6.50. The first kappa shape index (κ1) is 18.7. The zero-order valence-electron chi connectivity index (χ0n) is 12.3. The van der Waals surface area contributed by atoms with Crippen LogP contribution in [0.2, 0.25) is 0 Å². The number of urea groups is 1. The SMILES string of the molecule is CC(CCNC(=O)N(C)CCS(C)(=O)=O)CCC(=O)O. The predicted octanol–water partition coefficient (Wildman–Crippen LogP) is 0.563. The summed E-state index contributed by atoms with van der Waals surface area (Å²) in [6, 6.07) is -0.320. The molecule has 0 heterocycles. The molecule has 0 saturated heterocycles. The Bertz CT molecular complexity index is 422. The molecule has 1 unspecified atom stereocenters. The summed E-state index contributed by atoms with van der Waals surface area (Å²) in [6.45, 7) is 2.53. The summed E-state index contributed by atoms with van der Waals surface area (Å²) in [5.74, 6) is -0.666. The van der Waals surface area contributed by atoms with E-state index in [9.17, 15) is 18.0 Å². The summed E-state index contributed by atoms with van der Waals surface area (Å²) in [4.78, 5) is 23.4. The standard InChI is InChI=1S/C12H24N2O5S/c1-10(4-5-11(15)16)6-7-13-12(17)14(2)8-9-20(3,18)19/h10H,4-9H2,1-3H3,(H,13,17)(H,15,16). The predicted molar refractivity (Wildman–Crippen MR) is 76.4 cm³/mol. The number of carboxylic acid groups (broad SMARTS) is 1. The van der Waals surface area contributed by atoms with E-state index in [2.05, 4.69) is 5.32 Å². The third-order valence-corrected chi connectivity index (χ3v) is 3.83. The molecule has 0 aliphatic rings. The molecule has 20 heavy (non-hydrogen) atoms. The third-order valence-electron chi connectivity index (χ3n) is 2.91. The number of aliphatic carboxylic acids is 1. The van der Waals surface area contributed by atoms with Gasteiger partial charge >= 0.3 is 12.0 Å². The molecule has 0 bridgehead atoms. The van der Waals surface area contributed by atoms with Crippen molar-refractivity contribution in [3.63, 3.8) is 0 Å². The normalized spacial score (nSPS) is 12.8. The molecule has 118 valence electrons. The van der Waals surface area contributed by atoms with Gasteiger partial charge in [0.15, 0.2) is 0 Å². The van der Waals surface area contributed by atoms with Crippen LogP contribution >= 0.6 is 0 Å². The van der Waals surface area contributed by atoms with Gasteiger partial charge in [-0.15, -0.1) is 0 Å². The Morgan fingerprint density at radius 3 is 2.40 bits per heavy atom. The molecule has 0 radical (unpaired) electrons. The quantitative estimate of drug-likeness (QED) is 0.648. The minimum Gasteiger partial charge on any atom is -0.481 e. The van der Waals surface area contributed by atoms with Crippen LogP contribution < -0.4 is 5.32 Å². The highest BCUT2D eigenvalue weighted by atomic mass is 32.2. The number of amides is 2. The Balaban J connectivity index is 3.84. The molecule has 0 aliphatic carbocycles. The van der Waals surface area contributed by atoms with Gasteiger partial charge in [0.2, 0.25) is 0 Å². The molecule has 1 atom stereocenters. The molecular formula is C12H24N2O5S. The number of rotatable bonds is 9. The number of nitrogens with zero attached hydrogens (tertiary/aromatic N) is 1. The van der Waals surface area contributed by atoms with Crippen molar-refractivity contribution in [2.45, 2.75) is 26.2 Å². The van der Waals surface area contributed by atoms with Crippen LogP contribution in [-0.2, 0) is 14.6 Å². The average Bonchev–Trinajstić information content (AvgIpc) is 2.32. The Labute approximate surface area is 120 Å². The molecule has 0 rings (SSSR count). The zero-order valence-corrected chi connectivity index (χ0v) is 13.1. The smallest absolute Gasteiger partial charge is 0.317 e. The number of carboxylic acids is 1. The third kappa shape index (κ3) is 10.6. The second-order valence-electron chi connectivity index (χ2n) is 5.11. The van der Waals surface area contributed by atoms with Crippen LogP contribution in [0.25, 0.3) is 0 Å². The maximum atomic E-state index is 11.6. The number of hydrogen-bond acceptors (Lipinski definition) is 4. The second kappa shape index (κ2) is 8.78. The van der Waals surface area contributed by atoms with Crippen molar-refractivity contribution in [2.24, 2.45) is 5.92 Å². The van der Waals surface area contributed by atoms with Gasteiger partial charge in [-0.3, -0.25) is 4.79 Å². The van der Waals surface area contributed by atoms with E-state index < -0.39 is 15.8 Å². The van der Waals surface area contributed by atoms with Crippen LogP contribution in [0.15, 0.2) is 0 Å². The van der Waals surface area contributed by atoms with Crippen molar-refractivity contribution in [1.82, 2.24) is 10.2 Å². The first-order chi connectivity index (χ1) is 9.11. The topological polar surface area (TPSA) is 104 Å². The van der Waals surface area contributed by atoms with E-state index >= 15 is 0 Å². The van der Waals surface area contributed by atoms with Crippen molar-refractivity contribution in [2.75, 3.05) is 32.1 Å². The number of carbonyl (C=O) groups excluding carboxylic acids is 1. The summed E-state index contributed by atoms with van der Waals surface area (Å²) < 4.78 is 22.0. The molecule has 0 saturated carbocycles. The highest BCUT2D eigenvalue weighted by Crippen LogP contribution is 2.09. The maximum absolute atomic E-state index is 11.6. The van der Waals surface area contributed by atoms with Crippen molar-refractivity contribution < 1.29 is 23.1 Å². The van der Waals surface area contributed by atoms with Crippen LogP contribution in [-0.4, -0.2) is 62.6 Å². The van der Waals surface area contributed by atoms with E-state index in [1.807, 2.05) is 6.92 Å². The Hall–Kier alpha value is -1.31. The van der Waals surface area contributed by atoms with E-state index in [4.69, 9.17) is 5.11 Å². The van der Waals surface area contributed by atoms with Gasteiger partial charge in [0, 0.05) is 32.8 Å². The van der Waals surface area contributed by atoms with Crippen LogP contribution in [0.3, 0.4) is 0 Å². The summed E-state index contributed by atoms with van der Waals surface area (Å²) in [6.07, 6.45) is 2.53. The summed E-state index contributed by atoms with van der Waals surface area (Å²) in [5, 5.41) is 11.2. The molecule has 2 amide bonds. The molecule has 0 fully saturated rings. The van der Waals surface area contributed by atoms with E-state index in [1.165, 1.54) is 11.9 Å². The molecule has 7 nitrogen and oxygen atoms in total. The molecule has 0 aromatic carbocycles. The van der Waals surface area contributed by atoms with Crippen molar-refractivity contribution in [1.29, 1.82) is 0 Å². The fourth-order valence-electron chi connectivity index (χ4n) is 1.48. The minimum atomic E-state index is -3.08. The number of sulfone groups is 1. The lowest BCUT2D eigenvalue weighted by atomic mass is 10.0. The number of carbonyl (C=O) groups is 2. The van der Waals surface area contributed by atoms with Gasteiger partial charge in [0.1, 0.15) is 9.84 Å². The van der Waals surface area contributed by atoms with Crippen molar-refractivity contribution >= 4 is 21.8 Å². The van der Waals surface area contributed by atoms with Gasteiger partial charge in [-0.2, -0.15) is 0 Å². The highest BCUT2D eigenvalue weighted by molar-refractivity contribution is 7.90. The average molecular weight is 308 g/mol. The summed E-state index contributed by atoms with van der Waals surface area (Å²) in [7, 11) is -1.54. The molecule has 8 heteroatoms. The molecule has 0 aromatic rings. The number of hydrogen-bond donors (Lipinski definition) is 2. The molecule has 2 N–H and O–H groups in total. The van der Waals surface area contributed by atoms with Crippen molar-refractivity contribution in [3.8, 4) is 0 Å². The van der Waals surface area contributed by atoms with E-state index in [1.54, 1.807) is 0 Å². The van der Waals surface area contributed by atoms with E-state index in [0.717, 1.165) is 6.26 Å². The second-order valence-corrected chi connectivity index (χ2v) is 7.37. The lowest BCUT2D eigenvalue weighted by Crippen LogP contribution is -2.40. The van der Waals surface area contributed by atoms with Gasteiger partial charge in [-0.05, 0) is 18.8 Å². The molecule has 0 aliphatic heterocycles. The highest BCUT2D eigenvalue weighted by Gasteiger charge is 2.12. The Morgan fingerprint density at radius 2 is 1.90 bits per heavy atom. The molecular weight excluding hydrogens is 284 g/mol. The van der Waals surface area contributed by atoms with Gasteiger partial charge in [0.25, 0.3) is 0 Å². The lowest BCUT2D eigenvalue weighted by molar-refractivity contribution is -0.137. The summed E-state index contributed by atoms with van der Waals surface area (Å²) in [5.41, 5.74) is 0. The Kier molecular flexibility index (Phi) is 8.21. The van der Waals surface area contributed by atoms with E-state index in [0.29, 0.717) is 19.4 Å². The molecule has 0 aromatic heterocycles. The van der Waals surface area contributed by atoms with Gasteiger partial charge < -0.3 is 15.3 Å². The van der Waals surface area contributed by atoms with Gasteiger partial charge in [-0.1, -0.05) is 6.92 Å². The van der Waals surface area contributed by atoms with Crippen LogP contribution in [0, 0.1) is 5.92 Å². The van der Waals surface area contributed by atoms with Gasteiger partial charge in [-0.25, -0.2) is 13.2 Å². The van der Waals surface area contributed by atoms with E-state index in [-0.39, 0.29) is 30.7 Å². The van der Waals surface area contributed by atoms with Gasteiger partial charge in [0.05, 0.1) is 5.75 Å². The lowest BCUT2D eigenvalue weighted by Gasteiger charge is -2.18. The maximum Gasteiger partial charge on any atom is 0.317 e. The van der Waals surface area contributed by atoms with Crippen LogP contribution in [0.4, 0.5) is 4.79 Å². The summed E-state index contributed by atoms with van der Waals surface area (Å²) >= 11 is 0. The largest absolute Gasteiger partial charge is 0.481 e. The fraction of sp³-hybridized carbons (Fsp3) is 0.833. The Morgan fingerprint density at radius 1 is 1.30 bits per heavy atom. The first-order valence-corrected chi connectivity index (χ1v) is 8.56. The van der Waals surface area contributed by atoms with Crippen LogP contribution in [0.1, 0.15) is 26.2 Å². The fourth-order valence-corrected chi connectivity index (χ4v) is 2.08. The minimum absolute atomic E-state index is 0.0636. The van der Waals surface area contributed by atoms with Crippen LogP contribution in [0.5, 0.6) is 0 Å². The molecule has 0 spiro atoms. The monoisotopic (exact) mass is 308 g/mol. The number of nitrogens with one attached hydrogen (secondary N) is 1.